The molecule has 0 fully saturated rings. The first kappa shape index (κ1) is 13.3. The fraction of sp³-hybridized carbons (Fsp3) is 0.417. The molecule has 0 aliphatic heterocycles. The van der Waals surface area contributed by atoms with Crippen LogP contribution in [0.3, 0.4) is 0 Å². The molecular formula is C12H14Cl2N4. The number of aromatic nitrogens is 4. The maximum atomic E-state index is 6.04. The van der Waals surface area contributed by atoms with E-state index in [4.69, 9.17) is 23.2 Å². The number of hydrogen-bond acceptors (Lipinski definition) is 3. The highest BCUT2D eigenvalue weighted by Crippen LogP contribution is 2.22. The van der Waals surface area contributed by atoms with Crippen LogP contribution in [0.2, 0.25) is 5.15 Å². The minimum absolute atomic E-state index is 0.263. The Morgan fingerprint density at radius 1 is 1.22 bits per heavy atom. The summed E-state index contributed by atoms with van der Waals surface area (Å²) in [5.41, 5.74) is 2.83. The van der Waals surface area contributed by atoms with Gasteiger partial charge >= 0.3 is 0 Å². The predicted molar refractivity (Wildman–Crippen MR) is 72.5 cm³/mol. The van der Waals surface area contributed by atoms with Gasteiger partial charge in [-0.05, 0) is 18.9 Å². The summed E-state index contributed by atoms with van der Waals surface area (Å²) in [6, 6.07) is 2.08. The molecule has 0 amide bonds. The molecule has 96 valence electrons. The van der Waals surface area contributed by atoms with Crippen LogP contribution < -0.4 is 0 Å². The quantitative estimate of drug-likeness (QED) is 0.640. The average Bonchev–Trinajstić information content (AvgIpc) is 2.81. The molecular weight excluding hydrogens is 271 g/mol. The van der Waals surface area contributed by atoms with E-state index < -0.39 is 0 Å². The second-order valence-corrected chi connectivity index (χ2v) is 4.47. The molecule has 0 saturated carbocycles. The van der Waals surface area contributed by atoms with Gasteiger partial charge in [0, 0.05) is 11.3 Å². The summed E-state index contributed by atoms with van der Waals surface area (Å²) in [7, 11) is 0. The van der Waals surface area contributed by atoms with E-state index in [1.165, 1.54) is 6.33 Å². The SMILES string of the molecule is CCc1cc(CC)n(-c2ncnc(Cl)c2CCl)n1. The molecule has 0 saturated heterocycles. The molecule has 2 rings (SSSR count). The number of aryl methyl sites for hydroxylation is 2. The van der Waals surface area contributed by atoms with Gasteiger partial charge in [0.2, 0.25) is 0 Å². The van der Waals surface area contributed by atoms with Gasteiger partial charge in [-0.15, -0.1) is 11.6 Å². The van der Waals surface area contributed by atoms with Gasteiger partial charge in [-0.25, -0.2) is 14.6 Å². The summed E-state index contributed by atoms with van der Waals surface area (Å²) >= 11 is 12.0. The summed E-state index contributed by atoms with van der Waals surface area (Å²) in [6.07, 6.45) is 3.19. The Balaban J connectivity index is 2.60. The van der Waals surface area contributed by atoms with Gasteiger partial charge in [-0.2, -0.15) is 5.10 Å². The Morgan fingerprint density at radius 3 is 2.61 bits per heavy atom. The first-order valence-electron chi connectivity index (χ1n) is 5.84. The standard InChI is InChI=1S/C12H14Cl2N4/c1-3-8-5-9(4-2)18(17-8)12-10(6-13)11(14)15-7-16-12/h5,7H,3-4,6H2,1-2H3. The van der Waals surface area contributed by atoms with Crippen molar-refractivity contribution in [2.75, 3.05) is 0 Å². The molecule has 18 heavy (non-hydrogen) atoms. The van der Waals surface area contributed by atoms with E-state index in [0.29, 0.717) is 16.5 Å². The van der Waals surface area contributed by atoms with Crippen molar-refractivity contribution in [3.05, 3.63) is 34.5 Å². The first-order chi connectivity index (χ1) is 8.71. The van der Waals surface area contributed by atoms with Crippen LogP contribution >= 0.6 is 23.2 Å². The maximum absolute atomic E-state index is 6.04. The summed E-state index contributed by atoms with van der Waals surface area (Å²) in [5.74, 6) is 0.931. The summed E-state index contributed by atoms with van der Waals surface area (Å²) in [4.78, 5) is 8.20. The van der Waals surface area contributed by atoms with Crippen molar-refractivity contribution in [3.63, 3.8) is 0 Å². The Hall–Kier alpha value is -1.13. The lowest BCUT2D eigenvalue weighted by atomic mass is 10.2. The van der Waals surface area contributed by atoms with Crippen LogP contribution in [0.25, 0.3) is 5.82 Å². The van der Waals surface area contributed by atoms with Crippen LogP contribution in [-0.2, 0) is 18.7 Å². The topological polar surface area (TPSA) is 43.6 Å². The third kappa shape index (κ3) is 2.35. The summed E-state index contributed by atoms with van der Waals surface area (Å²) < 4.78 is 1.81. The Morgan fingerprint density at radius 2 is 2.00 bits per heavy atom. The molecule has 0 aliphatic rings. The maximum Gasteiger partial charge on any atom is 0.162 e. The molecule has 6 heteroatoms. The molecule has 0 radical (unpaired) electrons. The molecule has 0 atom stereocenters. The van der Waals surface area contributed by atoms with Gasteiger partial charge in [0.05, 0.1) is 11.6 Å². The van der Waals surface area contributed by atoms with E-state index in [0.717, 1.165) is 24.2 Å². The van der Waals surface area contributed by atoms with Crippen LogP contribution in [0.5, 0.6) is 0 Å². The van der Waals surface area contributed by atoms with Crippen molar-refractivity contribution in [2.24, 2.45) is 0 Å². The molecule has 0 unspecified atom stereocenters. The van der Waals surface area contributed by atoms with Crippen molar-refractivity contribution >= 4 is 23.2 Å². The lowest BCUT2D eigenvalue weighted by Gasteiger charge is -2.09. The van der Waals surface area contributed by atoms with Gasteiger partial charge in [-0.1, -0.05) is 25.4 Å². The highest BCUT2D eigenvalue weighted by molar-refractivity contribution is 6.31. The monoisotopic (exact) mass is 284 g/mol. The van der Waals surface area contributed by atoms with Crippen molar-refractivity contribution in [1.29, 1.82) is 0 Å². The molecule has 0 aromatic carbocycles. The molecule has 0 aliphatic carbocycles. The van der Waals surface area contributed by atoms with Gasteiger partial charge in [-0.3, -0.25) is 0 Å². The Kier molecular flexibility index (Phi) is 4.19. The van der Waals surface area contributed by atoms with Crippen LogP contribution in [0.15, 0.2) is 12.4 Å². The number of halogens is 2. The Labute approximate surface area is 116 Å². The molecule has 2 aromatic heterocycles. The van der Waals surface area contributed by atoms with E-state index in [1.54, 1.807) is 0 Å². The summed E-state index contributed by atoms with van der Waals surface area (Å²) in [5, 5.41) is 4.91. The zero-order chi connectivity index (χ0) is 13.1. The van der Waals surface area contributed by atoms with Crippen molar-refractivity contribution < 1.29 is 0 Å². The van der Waals surface area contributed by atoms with E-state index in [1.807, 2.05) is 4.68 Å². The molecule has 0 spiro atoms. The van der Waals surface area contributed by atoms with Crippen LogP contribution in [0.1, 0.15) is 30.8 Å². The number of nitrogens with zero attached hydrogens (tertiary/aromatic N) is 4. The fourth-order valence-electron chi connectivity index (χ4n) is 1.76. The minimum atomic E-state index is 0.263. The molecule has 0 bridgehead atoms. The lowest BCUT2D eigenvalue weighted by Crippen LogP contribution is -2.08. The van der Waals surface area contributed by atoms with Crippen LogP contribution in [0.4, 0.5) is 0 Å². The molecule has 2 heterocycles. The highest BCUT2D eigenvalue weighted by Gasteiger charge is 2.15. The van der Waals surface area contributed by atoms with Crippen LogP contribution in [-0.4, -0.2) is 19.7 Å². The Bertz CT molecular complexity index is 551. The van der Waals surface area contributed by atoms with Gasteiger partial charge in [0.1, 0.15) is 11.5 Å². The minimum Gasteiger partial charge on any atom is -0.224 e. The fourth-order valence-corrected chi connectivity index (χ4v) is 2.27. The third-order valence-corrected chi connectivity index (χ3v) is 3.36. The van der Waals surface area contributed by atoms with Gasteiger partial charge in [0.25, 0.3) is 0 Å². The molecule has 4 nitrogen and oxygen atoms in total. The second kappa shape index (κ2) is 5.67. The number of hydrogen-bond donors (Lipinski definition) is 0. The second-order valence-electron chi connectivity index (χ2n) is 3.85. The first-order valence-corrected chi connectivity index (χ1v) is 6.76. The third-order valence-electron chi connectivity index (χ3n) is 2.76. The average molecular weight is 285 g/mol. The van der Waals surface area contributed by atoms with Gasteiger partial charge in [0.15, 0.2) is 5.82 Å². The van der Waals surface area contributed by atoms with E-state index >= 15 is 0 Å². The van der Waals surface area contributed by atoms with Crippen molar-refractivity contribution in [3.8, 4) is 5.82 Å². The molecule has 0 N–H and O–H groups in total. The van der Waals surface area contributed by atoms with Gasteiger partial charge < -0.3 is 0 Å². The zero-order valence-electron chi connectivity index (χ0n) is 10.3. The number of rotatable bonds is 4. The highest BCUT2D eigenvalue weighted by atomic mass is 35.5. The summed E-state index contributed by atoms with van der Waals surface area (Å²) in [6.45, 7) is 4.15. The zero-order valence-corrected chi connectivity index (χ0v) is 11.8. The lowest BCUT2D eigenvalue weighted by molar-refractivity contribution is 0.761. The number of alkyl halides is 1. The van der Waals surface area contributed by atoms with Crippen molar-refractivity contribution in [1.82, 2.24) is 19.7 Å². The van der Waals surface area contributed by atoms with E-state index in [-0.39, 0.29) is 5.88 Å². The normalized spacial score (nSPS) is 10.9. The smallest absolute Gasteiger partial charge is 0.162 e. The van der Waals surface area contributed by atoms with Crippen LogP contribution in [0, 0.1) is 0 Å². The van der Waals surface area contributed by atoms with Crippen molar-refractivity contribution in [2.45, 2.75) is 32.6 Å². The predicted octanol–water partition coefficient (Wildman–Crippen LogP) is 3.18. The van der Waals surface area contributed by atoms with E-state index in [9.17, 15) is 0 Å². The molecule has 2 aromatic rings. The van der Waals surface area contributed by atoms with E-state index in [2.05, 4.69) is 35.0 Å². The largest absolute Gasteiger partial charge is 0.224 e.